The van der Waals surface area contributed by atoms with E-state index in [-0.39, 0.29) is 34.4 Å². The van der Waals surface area contributed by atoms with Crippen LogP contribution in [0.15, 0.2) is 175 Å². The van der Waals surface area contributed by atoms with E-state index in [2.05, 4.69) is 115 Å². The van der Waals surface area contributed by atoms with Crippen molar-refractivity contribution in [1.82, 2.24) is 9.13 Å². The molecule has 8 rings (SSSR count). The van der Waals surface area contributed by atoms with Crippen molar-refractivity contribution in [3.8, 4) is 16.8 Å². The van der Waals surface area contributed by atoms with E-state index >= 15 is 4.79 Å². The van der Waals surface area contributed by atoms with E-state index < -0.39 is 7.26 Å². The second-order valence-corrected chi connectivity index (χ2v) is 16.5. The maximum Gasteiger partial charge on any atom is 0.280 e. The first kappa shape index (κ1) is 34.4. The molecule has 6 aromatic carbocycles. The molecule has 0 bridgehead atoms. The van der Waals surface area contributed by atoms with Gasteiger partial charge in [-0.25, -0.2) is 4.39 Å². The molecule has 0 amide bonds. The number of hydrogen-bond donors (Lipinski definition) is 0. The second kappa shape index (κ2) is 14.3. The van der Waals surface area contributed by atoms with Crippen molar-refractivity contribution < 1.29 is 21.4 Å². The van der Waals surface area contributed by atoms with Crippen molar-refractivity contribution in [3.05, 3.63) is 192 Å². The molecule has 0 atom stereocenters. The number of fused-ring (bicyclic) bond motifs is 3. The minimum Gasteiger partial charge on any atom is -1.00 e. The Hall–Kier alpha value is -5.09. The van der Waals surface area contributed by atoms with Crippen LogP contribution in [0.2, 0.25) is 0 Å². The van der Waals surface area contributed by atoms with Crippen LogP contribution < -0.4 is 38.5 Å². The molecule has 0 unspecified atom stereocenters. The Bertz CT molecular complexity index is 2400. The van der Waals surface area contributed by atoms with Crippen LogP contribution >= 0.6 is 7.26 Å². The average Bonchev–Trinajstić information content (AvgIpc) is 3.51. The van der Waals surface area contributed by atoms with E-state index in [9.17, 15) is 4.39 Å². The van der Waals surface area contributed by atoms with Gasteiger partial charge in [-0.3, -0.25) is 9.36 Å². The summed E-state index contributed by atoms with van der Waals surface area (Å²) < 4.78 is 18.7. The third-order valence-electron chi connectivity index (χ3n) is 9.77. The summed E-state index contributed by atoms with van der Waals surface area (Å²) in [6.07, 6.45) is 0.656. The number of hydrogen-bond acceptors (Lipinski definition) is 1. The topological polar surface area (TPSA) is 26.9 Å². The maximum atomic E-state index is 15.2. The Balaban J connectivity index is 0.00000406. The molecular weight excluding hydrogens is 714 g/mol. The van der Waals surface area contributed by atoms with Crippen LogP contribution in [-0.2, 0) is 6.16 Å². The lowest BCUT2D eigenvalue weighted by molar-refractivity contribution is -0.0000105. The van der Waals surface area contributed by atoms with Crippen molar-refractivity contribution >= 4 is 45.0 Å². The molecule has 3 nitrogen and oxygen atoms in total. The first-order chi connectivity index (χ1) is 24.5. The third kappa shape index (κ3) is 5.85. The zero-order valence-electron chi connectivity index (χ0n) is 28.5. The molecule has 0 aliphatic carbocycles. The van der Waals surface area contributed by atoms with Crippen molar-refractivity contribution in [2.75, 3.05) is 0 Å². The van der Waals surface area contributed by atoms with Gasteiger partial charge in [-0.05, 0) is 86.1 Å². The molecule has 0 saturated heterocycles. The van der Waals surface area contributed by atoms with Gasteiger partial charge in [-0.2, -0.15) is 0 Å². The lowest BCUT2D eigenvalue weighted by atomic mass is 9.99. The fourth-order valence-electron chi connectivity index (χ4n) is 7.69. The molecular formula is C45H37BrFN2OP. The van der Waals surface area contributed by atoms with Gasteiger partial charge in [-0.15, -0.1) is 0 Å². The molecule has 6 heteroatoms. The lowest BCUT2D eigenvalue weighted by Gasteiger charge is -2.29. The van der Waals surface area contributed by atoms with Crippen LogP contribution in [0, 0.1) is 5.82 Å². The maximum absolute atomic E-state index is 15.2. The largest absolute Gasteiger partial charge is 1.00 e. The summed E-state index contributed by atoms with van der Waals surface area (Å²) in [6.45, 7) is 4.32. The van der Waals surface area contributed by atoms with E-state index in [1.807, 2.05) is 65.2 Å². The van der Waals surface area contributed by atoms with Gasteiger partial charge in [0.05, 0.1) is 11.2 Å². The highest BCUT2D eigenvalue weighted by Gasteiger charge is 2.47. The Morgan fingerprint density at radius 1 is 0.608 bits per heavy atom. The first-order valence-corrected chi connectivity index (χ1v) is 19.0. The SMILES string of the molecule is CC(C)n1c(C[P+](c2ccccc2)(c2ccccc2)c2ccccc2)c(-c2ccc(F)cc2)c2c3ccccc3n(-c3ccccc3)c(=O)c21.[Br-]. The predicted molar refractivity (Wildman–Crippen MR) is 210 cm³/mol. The summed E-state index contributed by atoms with van der Waals surface area (Å²) in [5.41, 5.74) is 5.17. The zero-order chi connectivity index (χ0) is 34.2. The smallest absolute Gasteiger partial charge is 0.280 e. The molecule has 0 fully saturated rings. The van der Waals surface area contributed by atoms with Crippen LogP contribution in [0.4, 0.5) is 4.39 Å². The van der Waals surface area contributed by atoms with Gasteiger partial charge >= 0.3 is 0 Å². The second-order valence-electron chi connectivity index (χ2n) is 13.0. The van der Waals surface area contributed by atoms with Gasteiger partial charge < -0.3 is 21.5 Å². The van der Waals surface area contributed by atoms with Gasteiger partial charge in [0.1, 0.15) is 40.7 Å². The van der Waals surface area contributed by atoms with E-state index in [0.717, 1.165) is 38.8 Å². The van der Waals surface area contributed by atoms with Crippen molar-refractivity contribution in [1.29, 1.82) is 0 Å². The number of aromatic nitrogens is 2. The van der Waals surface area contributed by atoms with Crippen molar-refractivity contribution in [2.24, 2.45) is 0 Å². The quantitative estimate of drug-likeness (QED) is 0.157. The zero-order valence-corrected chi connectivity index (χ0v) is 30.9. The summed E-state index contributed by atoms with van der Waals surface area (Å²) >= 11 is 0. The van der Waals surface area contributed by atoms with Crippen LogP contribution in [0.1, 0.15) is 25.6 Å². The summed E-state index contributed by atoms with van der Waals surface area (Å²) in [5, 5.41) is 5.66. The minimum atomic E-state index is -2.40. The highest BCUT2D eigenvalue weighted by Crippen LogP contribution is 2.60. The van der Waals surface area contributed by atoms with Crippen LogP contribution in [0.5, 0.6) is 0 Å². The molecule has 0 aliphatic heterocycles. The van der Waals surface area contributed by atoms with E-state index in [4.69, 9.17) is 0 Å². The molecule has 51 heavy (non-hydrogen) atoms. The molecule has 2 aromatic heterocycles. The van der Waals surface area contributed by atoms with Gasteiger partial charge in [0, 0.05) is 28.1 Å². The van der Waals surface area contributed by atoms with Crippen LogP contribution in [-0.4, -0.2) is 9.13 Å². The van der Waals surface area contributed by atoms with Gasteiger partial charge in [0.15, 0.2) is 0 Å². The third-order valence-corrected chi connectivity index (χ3v) is 14.1. The highest BCUT2D eigenvalue weighted by atomic mass is 79.9. The number of para-hydroxylation sites is 2. The Morgan fingerprint density at radius 3 is 1.59 bits per heavy atom. The number of benzene rings is 6. The van der Waals surface area contributed by atoms with E-state index in [0.29, 0.717) is 11.7 Å². The van der Waals surface area contributed by atoms with Gasteiger partial charge in [0.25, 0.3) is 5.56 Å². The molecule has 0 saturated carbocycles. The number of halogens is 2. The molecule has 0 spiro atoms. The monoisotopic (exact) mass is 750 g/mol. The minimum absolute atomic E-state index is 0. The van der Waals surface area contributed by atoms with E-state index in [1.165, 1.54) is 28.0 Å². The lowest BCUT2D eigenvalue weighted by Crippen LogP contribution is -3.00. The summed E-state index contributed by atoms with van der Waals surface area (Å²) in [7, 11) is -2.40. The molecule has 8 aromatic rings. The molecule has 0 N–H and O–H groups in total. The number of rotatable bonds is 8. The predicted octanol–water partition coefficient (Wildman–Crippen LogP) is 6.83. The Kier molecular flexibility index (Phi) is 9.61. The normalized spacial score (nSPS) is 11.6. The molecule has 0 aliphatic rings. The average molecular weight is 752 g/mol. The first-order valence-electron chi connectivity index (χ1n) is 17.1. The Morgan fingerprint density at radius 2 is 1.08 bits per heavy atom. The Labute approximate surface area is 308 Å². The van der Waals surface area contributed by atoms with E-state index in [1.54, 1.807) is 0 Å². The molecule has 252 valence electrons. The van der Waals surface area contributed by atoms with Gasteiger partial charge in [-0.1, -0.05) is 103 Å². The summed E-state index contributed by atoms with van der Waals surface area (Å²) in [5.74, 6) is -0.293. The standard InChI is InChI=1S/C45H37FN2OP.BrH/c1-32(2)47-41(31-50(36-19-9-4-10-20-36,37-21-11-5-12-22-37)38-23-13-6-14-24-38)42(33-27-29-34(46)30-28-33)43-39-25-15-16-26-40(39)48(45(49)44(43)47)35-17-7-3-8-18-35;/h3-30,32H,31H2,1-2H3;1H/q+1;/p-1. The van der Waals surface area contributed by atoms with Gasteiger partial charge in [0.2, 0.25) is 0 Å². The summed E-state index contributed by atoms with van der Waals surface area (Å²) in [4.78, 5) is 15.2. The number of pyridine rings is 1. The highest BCUT2D eigenvalue weighted by molar-refractivity contribution is 7.95. The van der Waals surface area contributed by atoms with Crippen LogP contribution in [0.25, 0.3) is 38.6 Å². The van der Waals surface area contributed by atoms with Crippen molar-refractivity contribution in [2.45, 2.75) is 26.1 Å². The number of nitrogens with zero attached hydrogens (tertiary/aromatic N) is 2. The molecule has 2 heterocycles. The van der Waals surface area contributed by atoms with Crippen LogP contribution in [0.3, 0.4) is 0 Å². The fourth-order valence-corrected chi connectivity index (χ4v) is 11.9. The summed E-state index contributed by atoms with van der Waals surface area (Å²) in [6, 6.07) is 57.3. The van der Waals surface area contributed by atoms with Crippen molar-refractivity contribution in [3.63, 3.8) is 0 Å². The fraction of sp³-hybridized carbons (Fsp3) is 0.0889. The molecule has 0 radical (unpaired) electrons.